The molecule has 1 aromatic carbocycles. The molecule has 86 valence electrons. The van der Waals surface area contributed by atoms with Crippen LogP contribution in [0.1, 0.15) is 25.8 Å². The molecular weight excluding hydrogens is 204 g/mol. The second kappa shape index (κ2) is 2.99. The average molecular weight is 220 g/mol. The molecule has 1 saturated heterocycles. The van der Waals surface area contributed by atoms with Crippen LogP contribution >= 0.6 is 0 Å². The zero-order chi connectivity index (χ0) is 11.4. The van der Waals surface area contributed by atoms with Gasteiger partial charge in [-0.15, -0.1) is 0 Å². The molecule has 2 aliphatic heterocycles. The molecular formula is C13H16O3. The number of benzene rings is 1. The van der Waals surface area contributed by atoms with Crippen LogP contribution in [0.5, 0.6) is 5.75 Å². The number of para-hydroxylation sites is 1. The lowest BCUT2D eigenvalue weighted by atomic mass is 9.76. The molecule has 0 amide bonds. The molecule has 1 aromatic rings. The van der Waals surface area contributed by atoms with Crippen molar-refractivity contribution in [1.82, 2.24) is 0 Å². The molecule has 3 atom stereocenters. The van der Waals surface area contributed by atoms with Crippen molar-refractivity contribution in [2.45, 2.75) is 37.8 Å². The van der Waals surface area contributed by atoms with E-state index >= 15 is 0 Å². The Morgan fingerprint density at radius 2 is 2.06 bits per heavy atom. The highest BCUT2D eigenvalue weighted by Gasteiger charge is 2.62. The average Bonchev–Trinajstić information content (AvgIpc) is 2.63. The van der Waals surface area contributed by atoms with Crippen LogP contribution < -0.4 is 4.74 Å². The third kappa shape index (κ3) is 1.05. The van der Waals surface area contributed by atoms with Crippen LogP contribution in [0.2, 0.25) is 0 Å². The summed E-state index contributed by atoms with van der Waals surface area (Å²) < 4.78 is 17.1. The maximum absolute atomic E-state index is 5.95. The van der Waals surface area contributed by atoms with Crippen molar-refractivity contribution in [3.63, 3.8) is 0 Å². The Morgan fingerprint density at radius 3 is 2.81 bits per heavy atom. The predicted molar refractivity (Wildman–Crippen MR) is 59.3 cm³/mol. The Morgan fingerprint density at radius 1 is 1.31 bits per heavy atom. The molecule has 3 rings (SSSR count). The third-order valence-electron chi connectivity index (χ3n) is 3.98. The number of fused-ring (bicyclic) bond motifs is 3. The maximum Gasteiger partial charge on any atom is 0.219 e. The van der Waals surface area contributed by atoms with Gasteiger partial charge in [0.15, 0.2) is 6.29 Å². The van der Waals surface area contributed by atoms with Crippen molar-refractivity contribution in [3.8, 4) is 5.75 Å². The van der Waals surface area contributed by atoms with Crippen molar-refractivity contribution in [2.75, 3.05) is 7.11 Å². The quantitative estimate of drug-likeness (QED) is 0.727. The van der Waals surface area contributed by atoms with Gasteiger partial charge in [0, 0.05) is 26.0 Å². The van der Waals surface area contributed by atoms with Crippen LogP contribution in [0.25, 0.3) is 0 Å². The van der Waals surface area contributed by atoms with Gasteiger partial charge in [0.25, 0.3) is 0 Å². The van der Waals surface area contributed by atoms with Gasteiger partial charge in [-0.25, -0.2) is 0 Å². The highest BCUT2D eigenvalue weighted by Crippen LogP contribution is 2.56. The Balaban J connectivity index is 2.10. The molecule has 0 spiro atoms. The van der Waals surface area contributed by atoms with Crippen molar-refractivity contribution in [2.24, 2.45) is 0 Å². The topological polar surface area (TPSA) is 27.7 Å². The van der Waals surface area contributed by atoms with Gasteiger partial charge in [0.05, 0.1) is 5.41 Å². The number of methoxy groups -OCH3 is 1. The van der Waals surface area contributed by atoms with E-state index in [-0.39, 0.29) is 11.7 Å². The van der Waals surface area contributed by atoms with Gasteiger partial charge in [0.2, 0.25) is 5.79 Å². The minimum Gasteiger partial charge on any atom is -0.461 e. The summed E-state index contributed by atoms with van der Waals surface area (Å²) in [7, 11) is 1.67. The molecule has 3 nitrogen and oxygen atoms in total. The minimum atomic E-state index is -0.600. The van der Waals surface area contributed by atoms with E-state index in [0.29, 0.717) is 0 Å². The van der Waals surface area contributed by atoms with Crippen molar-refractivity contribution >= 4 is 0 Å². The summed E-state index contributed by atoms with van der Waals surface area (Å²) in [4.78, 5) is 0. The van der Waals surface area contributed by atoms with E-state index in [9.17, 15) is 0 Å². The van der Waals surface area contributed by atoms with E-state index < -0.39 is 5.79 Å². The van der Waals surface area contributed by atoms with E-state index in [4.69, 9.17) is 14.2 Å². The first kappa shape index (κ1) is 10.1. The lowest BCUT2D eigenvalue weighted by Crippen LogP contribution is -2.43. The maximum atomic E-state index is 5.95. The smallest absolute Gasteiger partial charge is 0.219 e. The summed E-state index contributed by atoms with van der Waals surface area (Å²) in [5.41, 5.74) is 1.10. The second-order valence-corrected chi connectivity index (χ2v) is 4.86. The van der Waals surface area contributed by atoms with Crippen LogP contribution in [-0.2, 0) is 14.9 Å². The second-order valence-electron chi connectivity index (χ2n) is 4.86. The number of rotatable bonds is 1. The SMILES string of the molecule is CO[C@@H]1C[C@@]2(C)c3ccccc3O[C@@]2(C)O1. The van der Waals surface area contributed by atoms with Gasteiger partial charge >= 0.3 is 0 Å². The van der Waals surface area contributed by atoms with Crippen LogP contribution in [0.4, 0.5) is 0 Å². The molecule has 3 heteroatoms. The van der Waals surface area contributed by atoms with E-state index in [0.717, 1.165) is 12.2 Å². The summed E-state index contributed by atoms with van der Waals surface area (Å²) in [5, 5.41) is 0. The highest BCUT2D eigenvalue weighted by atomic mass is 16.8. The molecule has 1 fully saturated rings. The predicted octanol–water partition coefficient (Wildman–Crippen LogP) is 2.45. The van der Waals surface area contributed by atoms with Gasteiger partial charge in [-0.3, -0.25) is 0 Å². The zero-order valence-corrected chi connectivity index (χ0v) is 9.82. The van der Waals surface area contributed by atoms with Gasteiger partial charge in [0.1, 0.15) is 5.75 Å². The summed E-state index contributed by atoms with van der Waals surface area (Å²) >= 11 is 0. The first-order valence-electron chi connectivity index (χ1n) is 5.58. The Kier molecular flexibility index (Phi) is 1.89. The third-order valence-corrected chi connectivity index (χ3v) is 3.98. The normalized spacial score (nSPS) is 40.3. The van der Waals surface area contributed by atoms with Crippen LogP contribution in [0.3, 0.4) is 0 Å². The standard InChI is InChI=1S/C13H16O3/c1-12-8-11(14-3)16-13(12,2)15-10-7-5-4-6-9(10)12/h4-7,11H,8H2,1-3H3/t11-,12-,13-/m0/s1. The lowest BCUT2D eigenvalue weighted by Gasteiger charge is -2.30. The molecule has 0 N–H and O–H groups in total. The van der Waals surface area contributed by atoms with E-state index in [1.54, 1.807) is 7.11 Å². The van der Waals surface area contributed by atoms with Gasteiger partial charge in [-0.2, -0.15) is 0 Å². The first-order chi connectivity index (χ1) is 7.59. The highest BCUT2D eigenvalue weighted by molar-refractivity contribution is 5.46. The van der Waals surface area contributed by atoms with Crippen LogP contribution in [0, 0.1) is 0 Å². The summed E-state index contributed by atoms with van der Waals surface area (Å²) in [5.74, 6) is 0.333. The molecule has 0 aliphatic carbocycles. The van der Waals surface area contributed by atoms with E-state index in [1.807, 2.05) is 25.1 Å². The molecule has 0 saturated carbocycles. The molecule has 0 bridgehead atoms. The van der Waals surface area contributed by atoms with E-state index in [1.165, 1.54) is 5.56 Å². The summed E-state index contributed by atoms with van der Waals surface area (Å²) in [6.45, 7) is 4.17. The number of hydrogen-bond acceptors (Lipinski definition) is 3. The largest absolute Gasteiger partial charge is 0.461 e. The molecule has 2 heterocycles. The number of hydrogen-bond donors (Lipinski definition) is 0. The Bertz CT molecular complexity index is 431. The molecule has 0 radical (unpaired) electrons. The molecule has 2 aliphatic rings. The monoisotopic (exact) mass is 220 g/mol. The fraction of sp³-hybridized carbons (Fsp3) is 0.538. The zero-order valence-electron chi connectivity index (χ0n) is 9.82. The van der Waals surface area contributed by atoms with E-state index in [2.05, 4.69) is 13.0 Å². The van der Waals surface area contributed by atoms with Crippen molar-refractivity contribution in [1.29, 1.82) is 0 Å². The van der Waals surface area contributed by atoms with Gasteiger partial charge in [-0.05, 0) is 13.0 Å². The van der Waals surface area contributed by atoms with Crippen molar-refractivity contribution in [3.05, 3.63) is 29.8 Å². The summed E-state index contributed by atoms with van der Waals surface area (Å²) in [6, 6.07) is 8.14. The first-order valence-corrected chi connectivity index (χ1v) is 5.58. The van der Waals surface area contributed by atoms with Gasteiger partial charge < -0.3 is 14.2 Å². The fourth-order valence-electron chi connectivity index (χ4n) is 2.79. The van der Waals surface area contributed by atoms with Gasteiger partial charge in [-0.1, -0.05) is 18.2 Å². The number of ether oxygens (including phenoxy) is 3. The molecule has 0 aromatic heterocycles. The fourth-order valence-corrected chi connectivity index (χ4v) is 2.79. The molecule has 0 unspecified atom stereocenters. The summed E-state index contributed by atoms with van der Waals surface area (Å²) in [6.07, 6.45) is 0.653. The lowest BCUT2D eigenvalue weighted by molar-refractivity contribution is -0.224. The van der Waals surface area contributed by atoms with Crippen LogP contribution in [0.15, 0.2) is 24.3 Å². The Labute approximate surface area is 95.3 Å². The van der Waals surface area contributed by atoms with Crippen molar-refractivity contribution < 1.29 is 14.2 Å². The minimum absolute atomic E-state index is 0.121. The Hall–Kier alpha value is -1.06. The molecule has 16 heavy (non-hydrogen) atoms. The van der Waals surface area contributed by atoms with Crippen LogP contribution in [-0.4, -0.2) is 19.2 Å².